The average molecular weight is 405 g/mol. The Morgan fingerprint density at radius 1 is 1.25 bits per heavy atom. The Hall–Kier alpha value is -3.05. The van der Waals surface area contributed by atoms with E-state index >= 15 is 0 Å². The molecule has 144 valence electrons. The third kappa shape index (κ3) is 3.08. The molecule has 0 radical (unpaired) electrons. The maximum atomic E-state index is 14.5. The second-order valence-electron chi connectivity index (χ2n) is 6.08. The molecule has 8 nitrogen and oxygen atoms in total. The van der Waals surface area contributed by atoms with Crippen LogP contribution in [0.4, 0.5) is 8.78 Å². The van der Waals surface area contributed by atoms with E-state index in [0.717, 1.165) is 0 Å². The van der Waals surface area contributed by atoms with Crippen molar-refractivity contribution in [2.24, 2.45) is 20.1 Å². The molecule has 1 atom stereocenters. The van der Waals surface area contributed by atoms with E-state index in [-0.39, 0.29) is 18.0 Å². The summed E-state index contributed by atoms with van der Waals surface area (Å²) in [4.78, 5) is 16.3. The molecule has 1 aromatic carbocycles. The monoisotopic (exact) mass is 405 g/mol. The summed E-state index contributed by atoms with van der Waals surface area (Å²) in [6.07, 6.45) is 2.24. The van der Waals surface area contributed by atoms with E-state index in [9.17, 15) is 17.2 Å². The number of aliphatic imine (C=N–C) groups is 3. The molecule has 0 spiro atoms. The maximum absolute atomic E-state index is 14.5. The predicted molar refractivity (Wildman–Crippen MR) is 97.1 cm³/mol. The zero-order valence-electron chi connectivity index (χ0n) is 14.4. The molecule has 0 saturated carbocycles. The van der Waals surface area contributed by atoms with Crippen LogP contribution in [-0.4, -0.2) is 44.6 Å². The Morgan fingerprint density at radius 2 is 1.96 bits per heavy atom. The van der Waals surface area contributed by atoms with Gasteiger partial charge in [0, 0.05) is 23.7 Å². The first kappa shape index (κ1) is 18.3. The van der Waals surface area contributed by atoms with Crippen molar-refractivity contribution in [2.75, 3.05) is 7.11 Å². The minimum absolute atomic E-state index is 0.148. The quantitative estimate of drug-likeness (QED) is 0.824. The summed E-state index contributed by atoms with van der Waals surface area (Å²) in [7, 11) is -2.80. The van der Waals surface area contributed by atoms with Gasteiger partial charge in [0.15, 0.2) is 6.17 Å². The lowest BCUT2D eigenvalue weighted by Crippen LogP contribution is -2.24. The summed E-state index contributed by atoms with van der Waals surface area (Å²) in [5, 5.41) is 4.95. The Balaban J connectivity index is 1.79. The summed E-state index contributed by atoms with van der Waals surface area (Å²) in [5.41, 5.74) is 1.76. The van der Waals surface area contributed by atoms with Crippen LogP contribution in [0.25, 0.3) is 0 Å². The smallest absolute Gasteiger partial charge is 0.314 e. The number of hydrogen-bond donors (Lipinski definition) is 1. The molecule has 1 aromatic heterocycles. The first-order chi connectivity index (χ1) is 13.3. The number of rotatable bonds is 3. The highest BCUT2D eigenvalue weighted by Crippen LogP contribution is 2.28. The van der Waals surface area contributed by atoms with Gasteiger partial charge in [0.25, 0.3) is 0 Å². The Labute approximate surface area is 158 Å². The molecule has 28 heavy (non-hydrogen) atoms. The highest BCUT2D eigenvalue weighted by Gasteiger charge is 2.31. The fourth-order valence-corrected chi connectivity index (χ4v) is 3.58. The topological polar surface area (TPSA) is 119 Å². The zero-order chi connectivity index (χ0) is 20.1. The molecule has 0 saturated heterocycles. The number of hydrogen-bond acceptors (Lipinski definition) is 7. The molecular formula is C17H13F2N5O3S. The summed E-state index contributed by atoms with van der Waals surface area (Å²) in [6, 6.07) is 3.15. The molecule has 0 fully saturated rings. The van der Waals surface area contributed by atoms with Crippen molar-refractivity contribution in [2.45, 2.75) is 17.5 Å². The van der Waals surface area contributed by atoms with Gasteiger partial charge in [0.1, 0.15) is 17.3 Å². The van der Waals surface area contributed by atoms with Gasteiger partial charge in [-0.1, -0.05) is 0 Å². The standard InChI is InChI=1S/C17H13F2N5O3S/c1-27-17-23-15-14-8(2-3-21-13(14)7-22-16(15)24-17)4-10-11(18)5-9(6-12(10)19)28(20,25)26/h2-3,5-7,16H,4H2,1H3,(H2,20,25,26). The molecule has 2 N–H and O–H groups in total. The molecular weight excluding hydrogens is 392 g/mol. The maximum Gasteiger partial charge on any atom is 0.314 e. The second kappa shape index (κ2) is 6.53. The molecule has 2 aliphatic rings. The van der Waals surface area contributed by atoms with Gasteiger partial charge in [-0.15, -0.1) is 0 Å². The largest absolute Gasteiger partial charge is 0.467 e. The fraction of sp³-hybridized carbons (Fsp3) is 0.176. The van der Waals surface area contributed by atoms with Crippen LogP contribution in [0.1, 0.15) is 22.4 Å². The minimum Gasteiger partial charge on any atom is -0.467 e. The van der Waals surface area contributed by atoms with Crippen molar-refractivity contribution in [3.05, 3.63) is 58.4 Å². The SMILES string of the molecule is COC1=NC2N=Cc3nccc(Cc4c(F)cc(S(N)(=O)=O)cc4F)c3C2=N1. The van der Waals surface area contributed by atoms with Gasteiger partial charge >= 0.3 is 6.02 Å². The van der Waals surface area contributed by atoms with Crippen molar-refractivity contribution in [1.29, 1.82) is 0 Å². The summed E-state index contributed by atoms with van der Waals surface area (Å²) in [6.45, 7) is 0. The van der Waals surface area contributed by atoms with Crippen LogP contribution in [-0.2, 0) is 21.2 Å². The Bertz CT molecular complexity index is 1170. The van der Waals surface area contributed by atoms with E-state index in [1.807, 2.05) is 0 Å². The van der Waals surface area contributed by atoms with Crippen molar-refractivity contribution in [3.8, 4) is 0 Å². The second-order valence-corrected chi connectivity index (χ2v) is 7.64. The number of ether oxygens (including phenoxy) is 1. The lowest BCUT2D eigenvalue weighted by Gasteiger charge is -2.18. The molecule has 0 amide bonds. The Kier molecular flexibility index (Phi) is 4.27. The van der Waals surface area contributed by atoms with Crippen LogP contribution >= 0.6 is 0 Å². The summed E-state index contributed by atoms with van der Waals surface area (Å²) >= 11 is 0. The number of halogens is 2. The molecule has 2 aromatic rings. The highest BCUT2D eigenvalue weighted by atomic mass is 32.2. The molecule has 2 aliphatic heterocycles. The molecule has 1 unspecified atom stereocenters. The number of benzene rings is 1. The number of amidine groups is 1. The van der Waals surface area contributed by atoms with Crippen molar-refractivity contribution < 1.29 is 21.9 Å². The normalized spacial score (nSPS) is 17.6. The van der Waals surface area contributed by atoms with Crippen LogP contribution in [0, 0.1) is 11.6 Å². The van der Waals surface area contributed by atoms with Gasteiger partial charge in [0.05, 0.1) is 23.9 Å². The number of methoxy groups -OCH3 is 1. The van der Waals surface area contributed by atoms with Gasteiger partial charge in [-0.05, 0) is 23.8 Å². The molecule has 0 aliphatic carbocycles. The third-order valence-electron chi connectivity index (χ3n) is 4.35. The van der Waals surface area contributed by atoms with Crippen LogP contribution in [0.3, 0.4) is 0 Å². The van der Waals surface area contributed by atoms with E-state index in [1.54, 1.807) is 6.07 Å². The van der Waals surface area contributed by atoms with E-state index in [0.29, 0.717) is 34.7 Å². The molecule has 4 rings (SSSR count). The minimum atomic E-state index is -4.23. The number of nitrogens with zero attached hydrogens (tertiary/aromatic N) is 4. The van der Waals surface area contributed by atoms with Crippen LogP contribution in [0.15, 0.2) is 44.3 Å². The van der Waals surface area contributed by atoms with E-state index in [1.165, 1.54) is 19.5 Å². The zero-order valence-corrected chi connectivity index (χ0v) is 15.2. The number of fused-ring (bicyclic) bond motifs is 3. The van der Waals surface area contributed by atoms with Gasteiger partial charge in [-0.2, -0.15) is 9.98 Å². The van der Waals surface area contributed by atoms with Crippen LogP contribution in [0.5, 0.6) is 0 Å². The van der Waals surface area contributed by atoms with Gasteiger partial charge in [0.2, 0.25) is 10.0 Å². The van der Waals surface area contributed by atoms with E-state index in [4.69, 9.17) is 9.88 Å². The number of primary sulfonamides is 1. The predicted octanol–water partition coefficient (Wildman–Crippen LogP) is 1.16. The number of pyridine rings is 1. The summed E-state index contributed by atoms with van der Waals surface area (Å²) < 4.78 is 56.7. The Morgan fingerprint density at radius 3 is 2.61 bits per heavy atom. The first-order valence-corrected chi connectivity index (χ1v) is 9.55. The van der Waals surface area contributed by atoms with Crippen LogP contribution in [0.2, 0.25) is 0 Å². The molecule has 0 bridgehead atoms. The lowest BCUT2D eigenvalue weighted by atomic mass is 9.93. The number of sulfonamides is 1. The van der Waals surface area contributed by atoms with E-state index < -0.39 is 32.7 Å². The van der Waals surface area contributed by atoms with Gasteiger partial charge in [-0.25, -0.2) is 22.3 Å². The van der Waals surface area contributed by atoms with Crippen LogP contribution < -0.4 is 5.14 Å². The first-order valence-electron chi connectivity index (χ1n) is 8.00. The van der Waals surface area contributed by atoms with Crippen molar-refractivity contribution in [1.82, 2.24) is 4.98 Å². The van der Waals surface area contributed by atoms with E-state index in [2.05, 4.69) is 20.0 Å². The fourth-order valence-electron chi connectivity index (χ4n) is 3.05. The average Bonchev–Trinajstić information content (AvgIpc) is 3.07. The molecule has 3 heterocycles. The number of nitrogens with two attached hydrogens (primary N) is 1. The summed E-state index contributed by atoms with van der Waals surface area (Å²) in [5.74, 6) is -2.03. The third-order valence-corrected chi connectivity index (χ3v) is 5.24. The van der Waals surface area contributed by atoms with Gasteiger partial charge in [-0.3, -0.25) is 9.98 Å². The van der Waals surface area contributed by atoms with Crippen molar-refractivity contribution >= 4 is 28.0 Å². The van der Waals surface area contributed by atoms with Gasteiger partial charge < -0.3 is 4.74 Å². The van der Waals surface area contributed by atoms with Crippen molar-refractivity contribution in [3.63, 3.8) is 0 Å². The lowest BCUT2D eigenvalue weighted by molar-refractivity contribution is 0.396. The highest BCUT2D eigenvalue weighted by molar-refractivity contribution is 7.89. The number of aromatic nitrogens is 1. The molecule has 11 heteroatoms.